The summed E-state index contributed by atoms with van der Waals surface area (Å²) in [6, 6.07) is 0. The largest absolute Gasteiger partial charge is 0.472 e. The van der Waals surface area contributed by atoms with E-state index >= 15 is 0 Å². The Hall–Kier alpha value is -1.94. The minimum absolute atomic E-state index is 0.106. The first-order chi connectivity index (χ1) is 47.4. The van der Waals surface area contributed by atoms with Crippen LogP contribution < -0.4 is 0 Å². The Morgan fingerprint density at radius 1 is 0.276 bits per heavy atom. The van der Waals surface area contributed by atoms with Gasteiger partial charge in [-0.25, -0.2) is 9.13 Å². The molecular weight excluding hydrogens is 1280 g/mol. The first kappa shape index (κ1) is 96.1. The molecule has 17 nitrogen and oxygen atoms in total. The number of aliphatic hydroxyl groups excluding tert-OH is 1. The van der Waals surface area contributed by atoms with Gasteiger partial charge in [0.2, 0.25) is 0 Å². The van der Waals surface area contributed by atoms with Crippen molar-refractivity contribution in [3.8, 4) is 0 Å². The lowest BCUT2D eigenvalue weighted by Crippen LogP contribution is -2.30. The van der Waals surface area contributed by atoms with Crippen molar-refractivity contribution in [2.24, 2.45) is 11.8 Å². The molecule has 0 spiro atoms. The third-order valence-corrected chi connectivity index (χ3v) is 20.4. The van der Waals surface area contributed by atoms with Gasteiger partial charge in [-0.15, -0.1) is 0 Å². The molecule has 0 aliphatic carbocycles. The summed E-state index contributed by atoms with van der Waals surface area (Å²) >= 11 is 0. The first-order valence-corrected chi connectivity index (χ1v) is 44.0. The second-order valence-corrected chi connectivity index (χ2v) is 32.3. The standard InChI is InChI=1S/C79H154O17P2/c1-7-9-11-13-15-35-43-49-55-61-76(81)89-67-74(95-78(83)63-57-51-45-36-16-14-12-10-8-2)69-93-97(85,86)91-65-73(80)66-92-98(87,88)94-70-75(68-90-77(82)62-56-50-44-39-33-29-25-22-21-24-28-32-38-42-48-54-60-72(5)6)96-79(84)64-58-52-46-40-34-30-26-20-18-17-19-23-27-31-37-41-47-53-59-71(3)4/h71-75,80H,7-70H2,1-6H3,(H,85,86)(H,87,88)/t73-,74+,75+/m0/s1. The zero-order chi connectivity index (χ0) is 72.1. The molecule has 0 amide bonds. The first-order valence-electron chi connectivity index (χ1n) is 41.0. The molecule has 582 valence electrons. The van der Waals surface area contributed by atoms with Crippen LogP contribution in [-0.2, 0) is 65.4 Å². The second-order valence-electron chi connectivity index (χ2n) is 29.4. The zero-order valence-electron chi connectivity index (χ0n) is 64.1. The van der Waals surface area contributed by atoms with Crippen LogP contribution in [0.4, 0.5) is 0 Å². The van der Waals surface area contributed by atoms with E-state index < -0.39 is 97.5 Å². The summed E-state index contributed by atoms with van der Waals surface area (Å²) in [5, 5.41) is 10.6. The molecule has 0 bridgehead atoms. The Labute approximate surface area is 600 Å². The Morgan fingerprint density at radius 2 is 0.469 bits per heavy atom. The summed E-state index contributed by atoms with van der Waals surface area (Å²) in [5.74, 6) is -0.482. The average molecular weight is 1440 g/mol. The van der Waals surface area contributed by atoms with Crippen LogP contribution >= 0.6 is 15.6 Å². The van der Waals surface area contributed by atoms with E-state index in [1.807, 2.05) is 0 Å². The van der Waals surface area contributed by atoms with Crippen LogP contribution in [0.2, 0.25) is 0 Å². The quantitative estimate of drug-likeness (QED) is 0.0222. The monoisotopic (exact) mass is 1440 g/mol. The van der Waals surface area contributed by atoms with E-state index in [0.717, 1.165) is 102 Å². The fraction of sp³-hybridized carbons (Fsp3) is 0.949. The summed E-state index contributed by atoms with van der Waals surface area (Å²) in [4.78, 5) is 72.8. The number of aliphatic hydroxyl groups is 1. The molecule has 0 fully saturated rings. The number of hydrogen-bond donors (Lipinski definition) is 3. The topological polar surface area (TPSA) is 237 Å². The number of esters is 4. The lowest BCUT2D eigenvalue weighted by molar-refractivity contribution is -0.161. The molecule has 19 heteroatoms. The summed E-state index contributed by atoms with van der Waals surface area (Å²) in [5.41, 5.74) is 0. The molecule has 0 rings (SSSR count). The highest BCUT2D eigenvalue weighted by Gasteiger charge is 2.30. The smallest absolute Gasteiger partial charge is 0.462 e. The lowest BCUT2D eigenvalue weighted by Gasteiger charge is -2.21. The molecule has 0 aliphatic heterocycles. The number of rotatable bonds is 78. The normalized spacial score (nSPS) is 13.9. The minimum Gasteiger partial charge on any atom is -0.462 e. The molecule has 0 saturated heterocycles. The van der Waals surface area contributed by atoms with Crippen LogP contribution in [0.25, 0.3) is 0 Å². The highest BCUT2D eigenvalue weighted by Crippen LogP contribution is 2.45. The van der Waals surface area contributed by atoms with Gasteiger partial charge < -0.3 is 33.8 Å². The fourth-order valence-electron chi connectivity index (χ4n) is 12.2. The van der Waals surface area contributed by atoms with Crippen molar-refractivity contribution in [2.75, 3.05) is 39.6 Å². The number of phosphoric ester groups is 2. The molecule has 0 aliphatic rings. The van der Waals surface area contributed by atoms with E-state index in [9.17, 15) is 43.2 Å². The SMILES string of the molecule is CCCCCCCCCCCC(=O)OC[C@H](COP(=O)(O)OC[C@H](O)COP(=O)(O)OC[C@@H](COC(=O)CCCCCCCCCCCCCCCCCCC(C)C)OC(=O)CCCCCCCCCCCCCCCCCCCCC(C)C)OC(=O)CCCCCCCCCCC. The third-order valence-electron chi connectivity index (χ3n) is 18.5. The maximum atomic E-state index is 13.1. The fourth-order valence-corrected chi connectivity index (χ4v) is 13.8. The van der Waals surface area contributed by atoms with E-state index in [4.69, 9.17) is 37.0 Å². The van der Waals surface area contributed by atoms with E-state index in [0.29, 0.717) is 25.7 Å². The predicted molar refractivity (Wildman–Crippen MR) is 400 cm³/mol. The van der Waals surface area contributed by atoms with Crippen molar-refractivity contribution >= 4 is 39.5 Å². The molecule has 5 atom stereocenters. The van der Waals surface area contributed by atoms with Gasteiger partial charge in [0, 0.05) is 25.7 Å². The molecule has 0 aromatic rings. The Balaban J connectivity index is 5.16. The summed E-state index contributed by atoms with van der Waals surface area (Å²) in [7, 11) is -9.91. The van der Waals surface area contributed by atoms with Crippen molar-refractivity contribution in [1.29, 1.82) is 0 Å². The Bertz CT molecular complexity index is 1890. The second kappa shape index (κ2) is 70.7. The number of carbonyl (C=O) groups is 4. The van der Waals surface area contributed by atoms with Crippen LogP contribution in [0.1, 0.15) is 414 Å². The van der Waals surface area contributed by atoms with E-state index in [1.54, 1.807) is 0 Å². The minimum atomic E-state index is -4.96. The van der Waals surface area contributed by atoms with Gasteiger partial charge in [-0.05, 0) is 37.5 Å². The van der Waals surface area contributed by atoms with Crippen LogP contribution in [0, 0.1) is 11.8 Å². The van der Waals surface area contributed by atoms with E-state index in [-0.39, 0.29) is 25.7 Å². The molecule has 0 heterocycles. The molecule has 2 unspecified atom stereocenters. The van der Waals surface area contributed by atoms with Gasteiger partial charge in [0.1, 0.15) is 19.3 Å². The van der Waals surface area contributed by atoms with Crippen molar-refractivity contribution in [3.63, 3.8) is 0 Å². The van der Waals surface area contributed by atoms with Crippen LogP contribution in [0.5, 0.6) is 0 Å². The lowest BCUT2D eigenvalue weighted by atomic mass is 10.0. The predicted octanol–water partition coefficient (Wildman–Crippen LogP) is 23.5. The molecule has 98 heavy (non-hydrogen) atoms. The van der Waals surface area contributed by atoms with E-state index in [1.165, 1.54) is 231 Å². The third kappa shape index (κ3) is 72.4. The molecule has 3 N–H and O–H groups in total. The molecule has 0 radical (unpaired) electrons. The highest BCUT2D eigenvalue weighted by molar-refractivity contribution is 7.47. The number of phosphoric acid groups is 2. The average Bonchev–Trinajstić information content (AvgIpc) is 1.05. The van der Waals surface area contributed by atoms with Crippen molar-refractivity contribution in [3.05, 3.63) is 0 Å². The number of hydrogen-bond acceptors (Lipinski definition) is 15. The molecular formula is C79H154O17P2. The van der Waals surface area contributed by atoms with Crippen LogP contribution in [0.15, 0.2) is 0 Å². The van der Waals surface area contributed by atoms with Gasteiger partial charge in [-0.2, -0.15) is 0 Å². The van der Waals surface area contributed by atoms with Gasteiger partial charge in [-0.3, -0.25) is 37.3 Å². The van der Waals surface area contributed by atoms with Gasteiger partial charge >= 0.3 is 39.5 Å². The van der Waals surface area contributed by atoms with Crippen molar-refractivity contribution in [2.45, 2.75) is 432 Å². The van der Waals surface area contributed by atoms with Crippen LogP contribution in [0.3, 0.4) is 0 Å². The van der Waals surface area contributed by atoms with Crippen molar-refractivity contribution in [1.82, 2.24) is 0 Å². The summed E-state index contributed by atoms with van der Waals surface area (Å²) in [6.45, 7) is 9.65. The van der Waals surface area contributed by atoms with Crippen LogP contribution in [-0.4, -0.2) is 96.7 Å². The summed E-state index contributed by atoms with van der Waals surface area (Å²) in [6.07, 6.45) is 59.8. The molecule has 0 aromatic carbocycles. The maximum absolute atomic E-state index is 13.1. The highest BCUT2D eigenvalue weighted by atomic mass is 31.2. The van der Waals surface area contributed by atoms with Gasteiger partial charge in [-0.1, -0.05) is 363 Å². The van der Waals surface area contributed by atoms with Crippen molar-refractivity contribution < 1.29 is 80.2 Å². The zero-order valence-corrected chi connectivity index (χ0v) is 65.9. The van der Waals surface area contributed by atoms with E-state index in [2.05, 4.69) is 41.5 Å². The number of ether oxygens (including phenoxy) is 4. The number of unbranched alkanes of at least 4 members (excludes halogenated alkanes) is 48. The van der Waals surface area contributed by atoms with Gasteiger partial charge in [0.15, 0.2) is 12.2 Å². The number of carbonyl (C=O) groups excluding carboxylic acids is 4. The molecule has 0 aromatic heterocycles. The Kier molecular flexibility index (Phi) is 69.3. The molecule has 0 saturated carbocycles. The maximum Gasteiger partial charge on any atom is 0.472 e. The Morgan fingerprint density at radius 3 is 0.694 bits per heavy atom. The summed E-state index contributed by atoms with van der Waals surface area (Å²) < 4.78 is 68.5. The van der Waals surface area contributed by atoms with Gasteiger partial charge in [0.05, 0.1) is 26.4 Å². The van der Waals surface area contributed by atoms with Gasteiger partial charge in [0.25, 0.3) is 0 Å².